The smallest absolute Gasteiger partial charge is 0.343 e. The van der Waals surface area contributed by atoms with E-state index in [0.29, 0.717) is 34.9 Å². The molecule has 58 heavy (non-hydrogen) atoms. The zero-order valence-corrected chi connectivity index (χ0v) is 34.3. The van der Waals surface area contributed by atoms with Crippen LogP contribution in [0.25, 0.3) is 11.1 Å². The van der Waals surface area contributed by atoms with Gasteiger partial charge in [-0.3, -0.25) is 4.99 Å². The quantitative estimate of drug-likeness (QED) is 0.0266. The molecule has 0 heterocycles. The summed E-state index contributed by atoms with van der Waals surface area (Å²) in [7, 11) is 1.52. The van der Waals surface area contributed by atoms with E-state index in [0.717, 1.165) is 47.6 Å². The Hall–Kier alpha value is -5.89. The van der Waals surface area contributed by atoms with Crippen molar-refractivity contribution in [1.82, 2.24) is 0 Å². The standard InChI is InChI=1S/C50H57NO7/c1-4-6-8-10-12-14-34-55-44-29-22-40(23-30-44)39-18-20-41(21-19-39)50(53)58-48-36-43(26-33-47(48)54-3)51-37-38-16-27-46(28-17-38)57-49(52)42-24-31-45(32-25-42)56-35-15-13-11-9-7-5-2/h16-33,36-37H,4-15,34-35H2,1-3H3. The van der Waals surface area contributed by atoms with Gasteiger partial charge in [-0.15, -0.1) is 0 Å². The lowest BCUT2D eigenvalue weighted by molar-refractivity contribution is 0.0722. The highest BCUT2D eigenvalue weighted by Gasteiger charge is 2.14. The predicted octanol–water partition coefficient (Wildman–Crippen LogP) is 13.0. The third kappa shape index (κ3) is 14.2. The van der Waals surface area contributed by atoms with Crippen LogP contribution in [-0.4, -0.2) is 38.5 Å². The first-order chi connectivity index (χ1) is 28.4. The van der Waals surface area contributed by atoms with Crippen molar-refractivity contribution in [2.75, 3.05) is 20.3 Å². The lowest BCUT2D eigenvalue weighted by Crippen LogP contribution is -2.09. The van der Waals surface area contributed by atoms with E-state index < -0.39 is 11.9 Å². The summed E-state index contributed by atoms with van der Waals surface area (Å²) < 4.78 is 28.6. The number of ether oxygens (including phenoxy) is 5. The lowest BCUT2D eigenvalue weighted by Gasteiger charge is -2.11. The lowest BCUT2D eigenvalue weighted by atomic mass is 10.0. The first kappa shape index (κ1) is 43.2. The molecule has 0 atom stereocenters. The Morgan fingerprint density at radius 2 is 0.966 bits per heavy atom. The third-order valence-electron chi connectivity index (χ3n) is 9.73. The fraction of sp³-hybridized carbons (Fsp3) is 0.340. The van der Waals surface area contributed by atoms with Crippen molar-refractivity contribution in [2.24, 2.45) is 4.99 Å². The highest BCUT2D eigenvalue weighted by atomic mass is 16.6. The van der Waals surface area contributed by atoms with Crippen LogP contribution in [0.4, 0.5) is 5.69 Å². The molecule has 0 aliphatic carbocycles. The molecule has 0 fully saturated rings. The van der Waals surface area contributed by atoms with Gasteiger partial charge < -0.3 is 23.7 Å². The minimum Gasteiger partial charge on any atom is -0.494 e. The number of hydrogen-bond acceptors (Lipinski definition) is 8. The second-order valence-corrected chi connectivity index (χ2v) is 14.3. The summed E-state index contributed by atoms with van der Waals surface area (Å²) in [5.41, 5.74) is 4.21. The zero-order valence-electron chi connectivity index (χ0n) is 34.3. The molecule has 304 valence electrons. The van der Waals surface area contributed by atoms with E-state index in [1.54, 1.807) is 85.1 Å². The molecule has 8 heteroatoms. The molecule has 0 aromatic heterocycles. The van der Waals surface area contributed by atoms with Crippen molar-refractivity contribution in [3.63, 3.8) is 0 Å². The van der Waals surface area contributed by atoms with Gasteiger partial charge in [0, 0.05) is 12.3 Å². The molecule has 0 aliphatic rings. The van der Waals surface area contributed by atoms with Gasteiger partial charge in [0.1, 0.15) is 17.2 Å². The van der Waals surface area contributed by atoms with Gasteiger partial charge in [0.25, 0.3) is 0 Å². The normalized spacial score (nSPS) is 11.0. The summed E-state index contributed by atoms with van der Waals surface area (Å²) in [4.78, 5) is 30.5. The maximum atomic E-state index is 13.2. The Kier molecular flexibility index (Phi) is 17.9. The molecular weight excluding hydrogens is 727 g/mol. The van der Waals surface area contributed by atoms with Gasteiger partial charge in [-0.2, -0.15) is 0 Å². The predicted molar refractivity (Wildman–Crippen MR) is 233 cm³/mol. The van der Waals surface area contributed by atoms with Crippen LogP contribution < -0.4 is 23.7 Å². The average Bonchev–Trinajstić information content (AvgIpc) is 3.26. The Labute approximate surface area is 344 Å². The van der Waals surface area contributed by atoms with Crippen molar-refractivity contribution in [1.29, 1.82) is 0 Å². The van der Waals surface area contributed by atoms with Gasteiger partial charge in [-0.1, -0.05) is 102 Å². The van der Waals surface area contributed by atoms with Gasteiger partial charge in [0.15, 0.2) is 11.5 Å². The Balaban J connectivity index is 1.09. The Bertz CT molecular complexity index is 2000. The molecule has 5 rings (SSSR count). The second kappa shape index (κ2) is 24.0. The first-order valence-electron chi connectivity index (χ1n) is 20.8. The molecule has 5 aromatic rings. The van der Waals surface area contributed by atoms with E-state index in [9.17, 15) is 9.59 Å². The van der Waals surface area contributed by atoms with Crippen molar-refractivity contribution in [3.05, 3.63) is 132 Å². The summed E-state index contributed by atoms with van der Waals surface area (Å²) in [6.45, 7) is 5.84. The highest BCUT2D eigenvalue weighted by Crippen LogP contribution is 2.33. The van der Waals surface area contributed by atoms with Crippen molar-refractivity contribution in [3.8, 4) is 39.9 Å². The number of methoxy groups -OCH3 is 1. The molecule has 0 unspecified atom stereocenters. The molecule has 8 nitrogen and oxygen atoms in total. The number of hydrogen-bond donors (Lipinski definition) is 0. The van der Waals surface area contributed by atoms with E-state index in [-0.39, 0.29) is 5.75 Å². The average molecular weight is 784 g/mol. The van der Waals surface area contributed by atoms with Crippen LogP contribution in [0.5, 0.6) is 28.7 Å². The number of benzene rings is 5. The second-order valence-electron chi connectivity index (χ2n) is 14.3. The number of nitrogens with zero attached hydrogens (tertiary/aromatic N) is 1. The van der Waals surface area contributed by atoms with E-state index in [1.165, 1.54) is 71.3 Å². The van der Waals surface area contributed by atoms with Crippen molar-refractivity contribution >= 4 is 23.8 Å². The molecule has 5 aromatic carbocycles. The topological polar surface area (TPSA) is 92.7 Å². The highest BCUT2D eigenvalue weighted by molar-refractivity contribution is 5.92. The third-order valence-corrected chi connectivity index (χ3v) is 9.73. The molecule has 0 aliphatic heterocycles. The fourth-order valence-corrected chi connectivity index (χ4v) is 6.30. The summed E-state index contributed by atoms with van der Waals surface area (Å²) >= 11 is 0. The van der Waals surface area contributed by atoms with Crippen LogP contribution in [0.2, 0.25) is 0 Å². The van der Waals surface area contributed by atoms with Crippen LogP contribution >= 0.6 is 0 Å². The number of carbonyl (C=O) groups excluding carboxylic acids is 2. The maximum absolute atomic E-state index is 13.2. The Morgan fingerprint density at radius 1 is 0.500 bits per heavy atom. The van der Waals surface area contributed by atoms with E-state index >= 15 is 0 Å². The maximum Gasteiger partial charge on any atom is 0.343 e. The molecule has 0 saturated heterocycles. The van der Waals surface area contributed by atoms with Gasteiger partial charge >= 0.3 is 11.9 Å². The molecule has 0 spiro atoms. The minimum atomic E-state index is -0.512. The molecular formula is C50H57NO7. The zero-order chi connectivity index (χ0) is 40.8. The number of carbonyl (C=O) groups is 2. The fourth-order valence-electron chi connectivity index (χ4n) is 6.30. The molecule has 0 radical (unpaired) electrons. The van der Waals surface area contributed by atoms with Gasteiger partial charge in [-0.05, 0) is 114 Å². The van der Waals surface area contributed by atoms with Crippen LogP contribution in [0.15, 0.2) is 120 Å². The van der Waals surface area contributed by atoms with Crippen LogP contribution in [-0.2, 0) is 0 Å². The molecule has 0 N–H and O–H groups in total. The number of aliphatic imine (C=N–C) groups is 1. The van der Waals surface area contributed by atoms with Crippen LogP contribution in [0.3, 0.4) is 0 Å². The van der Waals surface area contributed by atoms with Gasteiger partial charge in [0.2, 0.25) is 0 Å². The van der Waals surface area contributed by atoms with Crippen LogP contribution in [0, 0.1) is 0 Å². The van der Waals surface area contributed by atoms with Crippen LogP contribution in [0.1, 0.15) is 117 Å². The minimum absolute atomic E-state index is 0.252. The van der Waals surface area contributed by atoms with E-state index in [2.05, 4.69) is 18.8 Å². The van der Waals surface area contributed by atoms with E-state index in [1.807, 2.05) is 36.4 Å². The number of esters is 2. The summed E-state index contributed by atoms with van der Waals surface area (Å²) in [6.07, 6.45) is 16.3. The SMILES string of the molecule is CCCCCCCCOc1ccc(C(=O)Oc2ccc(C=Nc3ccc(OC)c(OC(=O)c4ccc(-c5ccc(OCCCCCCCC)cc5)cc4)c3)cc2)cc1. The number of unbranched alkanes of at least 4 members (excludes halogenated alkanes) is 10. The van der Waals surface area contributed by atoms with E-state index in [4.69, 9.17) is 23.7 Å². The summed E-state index contributed by atoms with van der Waals surface area (Å²) in [6, 6.07) is 34.5. The monoisotopic (exact) mass is 783 g/mol. The van der Waals surface area contributed by atoms with Crippen molar-refractivity contribution < 1.29 is 33.3 Å². The van der Waals surface area contributed by atoms with Gasteiger partial charge in [0.05, 0.1) is 37.1 Å². The molecule has 0 amide bonds. The molecule has 0 bridgehead atoms. The first-order valence-corrected chi connectivity index (χ1v) is 20.8. The largest absolute Gasteiger partial charge is 0.494 e. The summed E-state index contributed by atoms with van der Waals surface area (Å²) in [5.74, 6) is 1.71. The summed E-state index contributed by atoms with van der Waals surface area (Å²) in [5, 5.41) is 0. The molecule has 0 saturated carbocycles. The number of rotatable bonds is 24. The van der Waals surface area contributed by atoms with Gasteiger partial charge in [-0.25, -0.2) is 9.59 Å². The van der Waals surface area contributed by atoms with Crippen molar-refractivity contribution in [2.45, 2.75) is 90.9 Å². The Morgan fingerprint density at radius 3 is 1.52 bits per heavy atom.